The molecule has 0 saturated carbocycles. The van der Waals surface area contributed by atoms with Gasteiger partial charge in [-0.05, 0) is 34.1 Å². The second-order valence-corrected chi connectivity index (χ2v) is 6.35. The molecule has 0 spiro atoms. The van der Waals surface area contributed by atoms with Crippen LogP contribution in [0, 0.1) is 5.92 Å². The van der Waals surface area contributed by atoms with E-state index in [1.165, 1.54) is 0 Å². The molecule has 0 rings (SSSR count). The molecule has 1 amide bonds. The molecule has 1 N–H and O–H groups in total. The average molecular weight is 365 g/mol. The molecular formula is C16H28FNO7. The second kappa shape index (κ2) is 10.9. The molecule has 25 heavy (non-hydrogen) atoms. The van der Waals surface area contributed by atoms with Crippen molar-refractivity contribution in [2.24, 2.45) is 5.92 Å². The third-order valence-corrected chi connectivity index (χ3v) is 3.19. The van der Waals surface area contributed by atoms with Crippen LogP contribution in [0.4, 0.5) is 9.18 Å². The van der Waals surface area contributed by atoms with Gasteiger partial charge in [0, 0.05) is 0 Å². The minimum Gasteiger partial charge on any atom is -0.468 e. The van der Waals surface area contributed by atoms with E-state index in [0.717, 1.165) is 14.2 Å². The number of carbonyl (C=O) groups is 3. The standard InChI is InChI=1S/C16H28FNO7/c1-10(24-8-7-17)12(18-15(21)25-16(2,3)4)9-11(13(19)22-5)14(20)23-6/h10-12H,7-9H2,1-6H3,(H,18,21). The summed E-state index contributed by atoms with van der Waals surface area (Å²) in [5.74, 6) is -2.87. The maximum atomic E-state index is 12.3. The van der Waals surface area contributed by atoms with Crippen molar-refractivity contribution in [3.63, 3.8) is 0 Å². The highest BCUT2D eigenvalue weighted by Crippen LogP contribution is 2.16. The highest BCUT2D eigenvalue weighted by molar-refractivity contribution is 5.94. The molecule has 0 aliphatic heterocycles. The SMILES string of the molecule is COC(=O)C(CC(NC(=O)OC(C)(C)C)C(C)OCCF)C(=O)OC. The number of alkyl halides is 1. The zero-order valence-electron chi connectivity index (χ0n) is 15.6. The Labute approximate surface area is 147 Å². The molecule has 0 aromatic heterocycles. The third kappa shape index (κ3) is 9.23. The lowest BCUT2D eigenvalue weighted by molar-refractivity contribution is -0.159. The number of carbonyl (C=O) groups excluding carboxylic acids is 3. The van der Waals surface area contributed by atoms with Gasteiger partial charge in [-0.15, -0.1) is 0 Å². The summed E-state index contributed by atoms with van der Waals surface area (Å²) in [5.41, 5.74) is -0.734. The molecule has 0 aromatic rings. The Bertz CT molecular complexity index is 434. The third-order valence-electron chi connectivity index (χ3n) is 3.19. The van der Waals surface area contributed by atoms with E-state index in [1.54, 1.807) is 27.7 Å². The van der Waals surface area contributed by atoms with Gasteiger partial charge in [-0.2, -0.15) is 0 Å². The van der Waals surface area contributed by atoms with Crippen LogP contribution in [0.1, 0.15) is 34.1 Å². The van der Waals surface area contributed by atoms with Gasteiger partial charge in [0.05, 0.1) is 33.0 Å². The first-order valence-electron chi connectivity index (χ1n) is 7.88. The van der Waals surface area contributed by atoms with Gasteiger partial charge in [0.1, 0.15) is 12.3 Å². The summed E-state index contributed by atoms with van der Waals surface area (Å²) in [4.78, 5) is 35.7. The molecule has 2 atom stereocenters. The van der Waals surface area contributed by atoms with Crippen LogP contribution in [0.25, 0.3) is 0 Å². The molecule has 0 aliphatic carbocycles. The number of nitrogens with one attached hydrogen (secondary N) is 1. The fourth-order valence-corrected chi connectivity index (χ4v) is 2.00. The van der Waals surface area contributed by atoms with Crippen LogP contribution in [-0.4, -0.2) is 63.3 Å². The van der Waals surface area contributed by atoms with E-state index in [1.807, 2.05) is 0 Å². The Kier molecular flexibility index (Phi) is 10.0. The minimum atomic E-state index is -1.26. The predicted molar refractivity (Wildman–Crippen MR) is 86.7 cm³/mol. The zero-order valence-corrected chi connectivity index (χ0v) is 15.6. The summed E-state index contributed by atoms with van der Waals surface area (Å²) in [5, 5.41) is 2.55. The van der Waals surface area contributed by atoms with Gasteiger partial charge in [0.15, 0.2) is 5.92 Å². The number of halogens is 1. The Morgan fingerprint density at radius 1 is 1.08 bits per heavy atom. The number of rotatable bonds is 9. The number of amides is 1. The molecule has 8 nitrogen and oxygen atoms in total. The van der Waals surface area contributed by atoms with Crippen molar-refractivity contribution in [3.8, 4) is 0 Å². The van der Waals surface area contributed by atoms with Gasteiger partial charge >= 0.3 is 18.0 Å². The van der Waals surface area contributed by atoms with Crippen molar-refractivity contribution in [1.82, 2.24) is 5.32 Å². The molecule has 9 heteroatoms. The quantitative estimate of drug-likeness (QED) is 0.376. The molecule has 0 radical (unpaired) electrons. The monoisotopic (exact) mass is 365 g/mol. The topological polar surface area (TPSA) is 100 Å². The van der Waals surface area contributed by atoms with Gasteiger partial charge in [-0.25, -0.2) is 9.18 Å². The Hall–Kier alpha value is -1.90. The lowest BCUT2D eigenvalue weighted by Gasteiger charge is -2.28. The largest absolute Gasteiger partial charge is 0.468 e. The zero-order chi connectivity index (χ0) is 19.6. The second-order valence-electron chi connectivity index (χ2n) is 6.35. The fourth-order valence-electron chi connectivity index (χ4n) is 2.00. The van der Waals surface area contributed by atoms with E-state index in [9.17, 15) is 18.8 Å². The maximum absolute atomic E-state index is 12.3. The molecule has 146 valence electrons. The lowest BCUT2D eigenvalue weighted by atomic mass is 9.96. The first kappa shape index (κ1) is 23.1. The van der Waals surface area contributed by atoms with Gasteiger partial charge in [0.25, 0.3) is 0 Å². The van der Waals surface area contributed by atoms with Crippen molar-refractivity contribution >= 4 is 18.0 Å². The van der Waals surface area contributed by atoms with Crippen molar-refractivity contribution < 1.29 is 37.7 Å². The van der Waals surface area contributed by atoms with Gasteiger partial charge in [-0.1, -0.05) is 0 Å². The maximum Gasteiger partial charge on any atom is 0.407 e. The van der Waals surface area contributed by atoms with Crippen LogP contribution in [0.5, 0.6) is 0 Å². The van der Waals surface area contributed by atoms with Crippen LogP contribution in [0.3, 0.4) is 0 Å². The van der Waals surface area contributed by atoms with E-state index in [2.05, 4.69) is 14.8 Å². The van der Waals surface area contributed by atoms with E-state index < -0.39 is 48.4 Å². The molecule has 0 fully saturated rings. The molecule has 2 unspecified atom stereocenters. The number of ether oxygens (including phenoxy) is 4. The number of methoxy groups -OCH3 is 2. The van der Waals surface area contributed by atoms with Crippen LogP contribution in [0.2, 0.25) is 0 Å². The van der Waals surface area contributed by atoms with Crippen LogP contribution in [-0.2, 0) is 28.5 Å². The number of hydrogen-bond acceptors (Lipinski definition) is 7. The number of alkyl carbamates (subject to hydrolysis) is 1. The van der Waals surface area contributed by atoms with Crippen molar-refractivity contribution in [3.05, 3.63) is 0 Å². The first-order chi connectivity index (χ1) is 11.6. The van der Waals surface area contributed by atoms with Crippen molar-refractivity contribution in [1.29, 1.82) is 0 Å². The van der Waals surface area contributed by atoms with Gasteiger partial charge < -0.3 is 24.3 Å². The molecule has 0 aliphatic rings. The number of hydrogen-bond donors (Lipinski definition) is 1. The Balaban J connectivity index is 5.23. The van der Waals surface area contributed by atoms with E-state index in [4.69, 9.17) is 9.47 Å². The summed E-state index contributed by atoms with van der Waals surface area (Å²) >= 11 is 0. The summed E-state index contributed by atoms with van der Waals surface area (Å²) in [7, 11) is 2.27. The van der Waals surface area contributed by atoms with Crippen LogP contribution >= 0.6 is 0 Å². The van der Waals surface area contributed by atoms with Gasteiger partial charge in [0.2, 0.25) is 0 Å². The molecule has 0 saturated heterocycles. The van der Waals surface area contributed by atoms with E-state index in [0.29, 0.717) is 0 Å². The van der Waals surface area contributed by atoms with Crippen LogP contribution in [0.15, 0.2) is 0 Å². The summed E-state index contributed by atoms with van der Waals surface area (Å²) < 4.78 is 32.0. The van der Waals surface area contributed by atoms with E-state index >= 15 is 0 Å². The smallest absolute Gasteiger partial charge is 0.407 e. The summed E-state index contributed by atoms with van der Waals surface area (Å²) in [6, 6.07) is -0.801. The minimum absolute atomic E-state index is 0.147. The molecule has 0 heterocycles. The highest BCUT2D eigenvalue weighted by Gasteiger charge is 2.35. The van der Waals surface area contributed by atoms with Crippen molar-refractivity contribution in [2.45, 2.75) is 51.9 Å². The van der Waals surface area contributed by atoms with Crippen LogP contribution < -0.4 is 5.32 Å². The highest BCUT2D eigenvalue weighted by atomic mass is 19.1. The lowest BCUT2D eigenvalue weighted by Crippen LogP contribution is -2.48. The Morgan fingerprint density at radius 2 is 1.60 bits per heavy atom. The average Bonchev–Trinajstić information content (AvgIpc) is 2.53. The Morgan fingerprint density at radius 3 is 2.00 bits per heavy atom. The van der Waals surface area contributed by atoms with Crippen molar-refractivity contribution in [2.75, 3.05) is 27.5 Å². The fraction of sp³-hybridized carbons (Fsp3) is 0.812. The molecular weight excluding hydrogens is 337 g/mol. The summed E-state index contributed by atoms with van der Waals surface area (Å²) in [6.45, 7) is 5.77. The van der Waals surface area contributed by atoms with E-state index in [-0.39, 0.29) is 13.0 Å². The molecule has 0 bridgehead atoms. The van der Waals surface area contributed by atoms with Gasteiger partial charge in [-0.3, -0.25) is 9.59 Å². The summed E-state index contributed by atoms with van der Waals surface area (Å²) in [6.07, 6.45) is -1.58. The normalized spacial score (nSPS) is 13.8. The molecule has 0 aromatic carbocycles. The first-order valence-corrected chi connectivity index (χ1v) is 7.88. The number of esters is 2. The predicted octanol–water partition coefficient (Wildman–Crippen LogP) is 1.61.